The highest BCUT2D eigenvalue weighted by Crippen LogP contribution is 2.38. The molecular weight excluding hydrogens is 887 g/mol. The Bertz CT molecular complexity index is 2340. The number of piperidine rings is 1. The van der Waals surface area contributed by atoms with E-state index in [0.717, 1.165) is 18.1 Å². The molecule has 3 N–H and O–H groups in total. The van der Waals surface area contributed by atoms with Crippen LogP contribution >= 0.6 is 0 Å². The van der Waals surface area contributed by atoms with Crippen LogP contribution in [0, 0.1) is 41.4 Å². The van der Waals surface area contributed by atoms with Crippen LogP contribution in [0.1, 0.15) is 142 Å². The van der Waals surface area contributed by atoms with Crippen LogP contribution in [0.25, 0.3) is 0 Å². The van der Waals surface area contributed by atoms with E-state index in [1.807, 2.05) is 0 Å². The van der Waals surface area contributed by atoms with Crippen LogP contribution in [0.15, 0.2) is 47.6 Å². The van der Waals surface area contributed by atoms with Gasteiger partial charge < -0.3 is 48.6 Å². The molecule has 1 unspecified atom stereocenters. The van der Waals surface area contributed by atoms with Gasteiger partial charge >= 0.3 is 5.97 Å². The summed E-state index contributed by atoms with van der Waals surface area (Å²) in [6.07, 6.45) is -3.43. The Morgan fingerprint density at radius 2 is 1.72 bits per heavy atom. The number of methoxy groups -OCH3 is 3. The van der Waals surface area contributed by atoms with E-state index in [0.29, 0.717) is 19.3 Å². The number of cyclic esters (lactones) is 1. The van der Waals surface area contributed by atoms with Gasteiger partial charge in [0.15, 0.2) is 5.78 Å². The van der Waals surface area contributed by atoms with Gasteiger partial charge in [-0.05, 0) is 106 Å². The summed E-state index contributed by atoms with van der Waals surface area (Å²) < 4.78 is 136. The van der Waals surface area contributed by atoms with Crippen LogP contribution in [-0.4, -0.2) is 145 Å². The molecule has 3 fully saturated rings. The second-order valence-corrected chi connectivity index (χ2v) is 19.2. The van der Waals surface area contributed by atoms with E-state index < -0.39 is 172 Å². The van der Waals surface area contributed by atoms with Crippen LogP contribution in [0.2, 0.25) is 0 Å². The van der Waals surface area contributed by atoms with Gasteiger partial charge in [0.25, 0.3) is 11.7 Å². The first-order valence-electron chi connectivity index (χ1n) is 30.1. The molecular formula is C54H85NO14. The predicted molar refractivity (Wildman–Crippen MR) is 261 cm³/mol. The Hall–Kier alpha value is -3.41. The first-order chi connectivity index (χ1) is 37.2. The van der Waals surface area contributed by atoms with Gasteiger partial charge in [-0.2, -0.15) is 0 Å². The fourth-order valence-electron chi connectivity index (χ4n) is 9.62. The normalized spacial score (nSPS) is 44.6. The van der Waals surface area contributed by atoms with Crippen molar-refractivity contribution in [3.63, 3.8) is 0 Å². The minimum Gasteiger partial charge on any atom is -0.460 e. The van der Waals surface area contributed by atoms with Gasteiger partial charge in [0.1, 0.15) is 30.1 Å². The van der Waals surface area contributed by atoms with Crippen LogP contribution in [-0.2, 0) is 52.4 Å². The standard InChI is InChI=1S/C54H85NO14/c1-32-17-13-12-14-18-33(2)45(64-9)30-41-22-20-37(6)54(63,69-41)51(60)52(61)55-24-16-15-19-42(55)53(62)68-46(35(4)28-40-21-23-44(67-26-25-56)47(29-40)65-10)31-43(57)34(3)27-36(5)48(58)50(66-11)49(59)39(8)38(32)7/h12-14,17-18,27,32,34-35,37-42,44-48,50,56,58,63H,15-16,19-26,28-31H2,1-11H3/b14-12?,17-13+,33-18?,36-27+/t32-,34-,35-,37-,38?,39-,40+,41+,42+,44-,45+,46+,47-,48-,50-,54-/m1/s1/i3D3,9D3,20D2,26D2,32D,38D. The lowest BCUT2D eigenvalue weighted by Crippen LogP contribution is -2.61. The Morgan fingerprint density at radius 3 is 2.41 bits per heavy atom. The van der Waals surface area contributed by atoms with Crippen LogP contribution in [0.5, 0.6) is 0 Å². The molecule has 1 aliphatic carbocycles. The molecule has 1 saturated carbocycles. The summed E-state index contributed by atoms with van der Waals surface area (Å²) in [5.74, 6) is -18.8. The molecule has 15 nitrogen and oxygen atoms in total. The summed E-state index contributed by atoms with van der Waals surface area (Å²) in [6.45, 7) is 3.15. The van der Waals surface area contributed by atoms with Crippen molar-refractivity contribution in [1.82, 2.24) is 4.90 Å². The van der Waals surface area contributed by atoms with Crippen LogP contribution in [0.3, 0.4) is 0 Å². The molecule has 69 heavy (non-hydrogen) atoms. The van der Waals surface area contributed by atoms with E-state index in [9.17, 15) is 42.0 Å². The number of amides is 1. The minimum atomic E-state index is -3.16. The molecule has 4 rings (SSSR count). The summed E-state index contributed by atoms with van der Waals surface area (Å²) in [7, 11) is -0.479. The third-order valence-corrected chi connectivity index (χ3v) is 14.4. The van der Waals surface area contributed by atoms with Gasteiger partial charge in [-0.3, -0.25) is 19.2 Å². The van der Waals surface area contributed by atoms with Crippen LogP contribution < -0.4 is 0 Å². The van der Waals surface area contributed by atoms with Crippen molar-refractivity contribution in [2.75, 3.05) is 41.0 Å². The van der Waals surface area contributed by atoms with Crippen molar-refractivity contribution in [3.05, 3.63) is 47.6 Å². The molecule has 2 saturated heterocycles. The summed E-state index contributed by atoms with van der Waals surface area (Å²) in [4.78, 5) is 73.5. The van der Waals surface area contributed by atoms with Gasteiger partial charge in [-0.1, -0.05) is 77.9 Å². The van der Waals surface area contributed by atoms with E-state index >= 15 is 0 Å². The lowest BCUT2D eigenvalue weighted by Gasteiger charge is -2.42. The monoisotopic (exact) mass is 984 g/mol. The number of ketones is 3. The van der Waals surface area contributed by atoms with Gasteiger partial charge in [0, 0.05) is 68.0 Å². The van der Waals surface area contributed by atoms with Crippen molar-refractivity contribution < 1.29 is 84.2 Å². The van der Waals surface area contributed by atoms with Gasteiger partial charge in [-0.25, -0.2) is 4.79 Å². The zero-order chi connectivity index (χ0) is 61.6. The van der Waals surface area contributed by atoms with E-state index in [4.69, 9.17) is 42.1 Å². The number of fused-ring (bicyclic) bond motifs is 3. The number of allylic oxidation sites excluding steroid dienone is 6. The van der Waals surface area contributed by atoms with Gasteiger partial charge in [0.05, 0.1) is 44.4 Å². The number of Topliss-reactive ketones (excluding diaryl/α,β-unsaturated/α-hetero) is 3. The highest BCUT2D eigenvalue weighted by atomic mass is 16.6. The quantitative estimate of drug-likeness (QED) is 0.129. The van der Waals surface area contributed by atoms with Gasteiger partial charge in [0.2, 0.25) is 5.79 Å². The summed E-state index contributed by atoms with van der Waals surface area (Å²) in [5.41, 5.74) is 0.0894. The molecule has 3 aliphatic heterocycles. The molecule has 4 aliphatic rings. The second kappa shape index (κ2) is 27.4. The van der Waals surface area contributed by atoms with E-state index in [-0.39, 0.29) is 49.3 Å². The number of hydrogen-bond donors (Lipinski definition) is 3. The SMILES string of the molecule is [2H]C([2H])([2H])O[C@H]1C[C@@H]2CC([2H])([2H])[C@@H](C)[C@@](O)(O2)C(=O)C(=O)N2CCCC[C@H]2C(=O)O[C@H]([C@H](C)C[C@@H]2CC[C@@H](OC([2H])([2H])CO)[C@H](OC)C2)CC(=O)[C@H](C([2H])([2H])[2H])/C=C(\C)[C@@H](O)[C@@H](OC)C(=O)[C@H](C)C([2H])(C)[C@]([2H])(C)/C=C/C=CC=C1C. The van der Waals surface area contributed by atoms with E-state index in [1.54, 1.807) is 6.92 Å². The van der Waals surface area contributed by atoms with Crippen molar-refractivity contribution >= 4 is 29.2 Å². The zero-order valence-electron chi connectivity index (χ0n) is 53.7. The largest absolute Gasteiger partial charge is 0.460 e. The molecule has 0 spiro atoms. The smallest absolute Gasteiger partial charge is 0.329 e. The fourth-order valence-corrected chi connectivity index (χ4v) is 9.62. The highest BCUT2D eigenvalue weighted by Gasteiger charge is 2.53. The van der Waals surface area contributed by atoms with Crippen molar-refractivity contribution in [2.24, 2.45) is 41.4 Å². The lowest BCUT2D eigenvalue weighted by atomic mass is 9.78. The molecule has 2 bridgehead atoms. The van der Waals surface area contributed by atoms with E-state index in [1.165, 1.54) is 79.0 Å². The molecule has 3 heterocycles. The molecule has 0 aromatic rings. The number of carbonyl (C=O) groups excluding carboxylic acids is 5. The maximum absolute atomic E-state index is 14.7. The lowest BCUT2D eigenvalue weighted by molar-refractivity contribution is -0.265. The molecule has 0 aromatic carbocycles. The minimum absolute atomic E-state index is 0.0772. The maximum Gasteiger partial charge on any atom is 0.329 e. The average Bonchev–Trinajstić information content (AvgIpc) is 3.59. The second-order valence-electron chi connectivity index (χ2n) is 19.2. The number of aliphatic hydroxyl groups excluding tert-OH is 2. The highest BCUT2D eigenvalue weighted by molar-refractivity contribution is 6.39. The number of hydrogen-bond acceptors (Lipinski definition) is 14. The summed E-state index contributed by atoms with van der Waals surface area (Å²) in [6, 6.07) is -1.52. The third-order valence-electron chi connectivity index (χ3n) is 14.4. The Kier molecular flexibility index (Phi) is 16.7. The number of aliphatic hydroxyl groups is 3. The molecule has 0 radical (unpaired) electrons. The molecule has 1 amide bonds. The van der Waals surface area contributed by atoms with E-state index in [2.05, 4.69) is 0 Å². The fraction of sp³-hybridized carbons (Fsp3) is 0.759. The maximum atomic E-state index is 14.7. The average molecular weight is 984 g/mol. The third kappa shape index (κ3) is 15.3. The number of carbonyl (C=O) groups is 5. The predicted octanol–water partition coefficient (Wildman–Crippen LogP) is 6.44. The number of ether oxygens (including phenoxy) is 6. The topological polar surface area (TPSA) is 205 Å². The molecule has 15 heteroatoms. The number of nitrogens with zero attached hydrogens (tertiary/aromatic N) is 1. The number of esters is 1. The first-order valence-corrected chi connectivity index (χ1v) is 24.1. The molecule has 0 aromatic heterocycles. The zero-order valence-corrected chi connectivity index (χ0v) is 41.7. The van der Waals surface area contributed by atoms with Crippen molar-refractivity contribution in [1.29, 1.82) is 0 Å². The Balaban J connectivity index is 1.88. The Morgan fingerprint density at radius 1 is 0.971 bits per heavy atom. The van der Waals surface area contributed by atoms with Crippen LogP contribution in [0.4, 0.5) is 0 Å². The first kappa shape index (κ1) is 42.1. The van der Waals surface area contributed by atoms with Crippen molar-refractivity contribution in [2.45, 2.75) is 180 Å². The Labute approximate surface area is 428 Å². The summed E-state index contributed by atoms with van der Waals surface area (Å²) >= 11 is 0. The molecule has 16 atom stereocenters. The van der Waals surface area contributed by atoms with Crippen molar-refractivity contribution in [3.8, 4) is 0 Å². The number of rotatable bonds is 9. The molecule has 390 valence electrons. The van der Waals surface area contributed by atoms with Gasteiger partial charge in [-0.15, -0.1) is 0 Å². The summed E-state index contributed by atoms with van der Waals surface area (Å²) in [5, 5.41) is 33.4.